The first-order chi connectivity index (χ1) is 6.26. The van der Waals surface area contributed by atoms with E-state index in [2.05, 4.69) is 34.3 Å². The molecule has 0 aliphatic rings. The molecule has 0 aliphatic heterocycles. The first-order valence-corrected chi connectivity index (χ1v) is 6.75. The molecule has 0 N–H and O–H groups in total. The third-order valence-corrected chi connectivity index (χ3v) is 4.18. The smallest absolute Gasteiger partial charge is 0.0285 e. The molecule has 3 heteroatoms. The van der Waals surface area contributed by atoms with Crippen LogP contribution in [0.1, 0.15) is 24.6 Å². The molecule has 1 rings (SSSR count). The van der Waals surface area contributed by atoms with Crippen molar-refractivity contribution in [1.82, 2.24) is 0 Å². The molecule has 0 saturated heterocycles. The summed E-state index contributed by atoms with van der Waals surface area (Å²) in [5.41, 5.74) is 0. The normalized spacial score (nSPS) is 13.2. The topological polar surface area (TPSA) is 0 Å². The van der Waals surface area contributed by atoms with Crippen molar-refractivity contribution >= 4 is 38.9 Å². The number of alkyl halides is 1. The van der Waals surface area contributed by atoms with Crippen molar-refractivity contribution in [2.45, 2.75) is 26.2 Å². The van der Waals surface area contributed by atoms with E-state index in [0.29, 0.717) is 5.92 Å². The highest BCUT2D eigenvalue weighted by Gasteiger charge is 2.08. The van der Waals surface area contributed by atoms with Crippen LogP contribution < -0.4 is 0 Å². The van der Waals surface area contributed by atoms with Crippen LogP contribution in [0.5, 0.6) is 0 Å². The summed E-state index contributed by atoms with van der Waals surface area (Å²) >= 11 is 11.2. The van der Waals surface area contributed by atoms with Crippen molar-refractivity contribution < 1.29 is 0 Å². The highest BCUT2D eigenvalue weighted by atomic mass is 79.9. The van der Waals surface area contributed by atoms with E-state index in [0.717, 1.165) is 12.3 Å². The summed E-state index contributed by atoms with van der Waals surface area (Å²) < 4.78 is 1.19. The second-order valence-electron chi connectivity index (χ2n) is 3.24. The Bertz CT molecular complexity index is 247. The predicted molar refractivity (Wildman–Crippen MR) is 64.8 cm³/mol. The largest absolute Gasteiger partial charge is 0.148 e. The van der Waals surface area contributed by atoms with Gasteiger partial charge in [-0.2, -0.15) is 0 Å². The van der Waals surface area contributed by atoms with Gasteiger partial charge in [-0.1, -0.05) is 13.3 Å². The van der Waals surface area contributed by atoms with Crippen LogP contribution in [-0.2, 0) is 6.42 Å². The van der Waals surface area contributed by atoms with Gasteiger partial charge < -0.3 is 0 Å². The van der Waals surface area contributed by atoms with Gasteiger partial charge in [-0.3, -0.25) is 0 Å². The Morgan fingerprint density at radius 3 is 2.85 bits per heavy atom. The summed E-state index contributed by atoms with van der Waals surface area (Å²) in [6.45, 7) is 2.21. The van der Waals surface area contributed by atoms with Crippen LogP contribution in [0.3, 0.4) is 0 Å². The molecule has 1 atom stereocenters. The maximum atomic E-state index is 5.90. The summed E-state index contributed by atoms with van der Waals surface area (Å²) in [7, 11) is 0. The minimum absolute atomic E-state index is 0.650. The minimum Gasteiger partial charge on any atom is -0.148 e. The molecule has 1 aromatic heterocycles. The van der Waals surface area contributed by atoms with E-state index < -0.39 is 0 Å². The van der Waals surface area contributed by atoms with E-state index in [4.69, 9.17) is 11.6 Å². The molecule has 0 amide bonds. The Morgan fingerprint density at radius 2 is 2.38 bits per heavy atom. The lowest BCUT2D eigenvalue weighted by Gasteiger charge is -2.10. The lowest BCUT2D eigenvalue weighted by atomic mass is 10.0. The molecule has 1 heterocycles. The number of rotatable bonds is 5. The maximum absolute atomic E-state index is 5.90. The standard InChI is InChI=1S/C10H14BrClS/c1-2-3-8(6-12)4-10-5-9(11)7-13-10/h5,7-8H,2-4,6H2,1H3. The maximum Gasteiger partial charge on any atom is 0.0285 e. The van der Waals surface area contributed by atoms with Crippen molar-refractivity contribution in [3.8, 4) is 0 Å². The molecular formula is C10H14BrClS. The highest BCUT2D eigenvalue weighted by Crippen LogP contribution is 2.24. The van der Waals surface area contributed by atoms with Crippen molar-refractivity contribution in [2.75, 3.05) is 5.88 Å². The molecule has 0 spiro atoms. The van der Waals surface area contributed by atoms with Gasteiger partial charge in [0.2, 0.25) is 0 Å². The Kier molecular flexibility index (Phi) is 5.37. The van der Waals surface area contributed by atoms with Gasteiger partial charge in [0.05, 0.1) is 0 Å². The second kappa shape index (κ2) is 6.05. The second-order valence-corrected chi connectivity index (χ2v) is 5.46. The summed E-state index contributed by atoms with van der Waals surface area (Å²) in [4.78, 5) is 1.44. The molecule has 0 radical (unpaired) electrons. The molecule has 74 valence electrons. The Balaban J connectivity index is 2.46. The van der Waals surface area contributed by atoms with Gasteiger partial charge in [0.15, 0.2) is 0 Å². The molecule has 0 aromatic carbocycles. The van der Waals surface area contributed by atoms with Crippen LogP contribution >= 0.6 is 38.9 Å². The van der Waals surface area contributed by atoms with Crippen LogP contribution in [0.2, 0.25) is 0 Å². The fraction of sp³-hybridized carbons (Fsp3) is 0.600. The van der Waals surface area contributed by atoms with E-state index in [1.165, 1.54) is 22.2 Å². The molecule has 0 fully saturated rings. The van der Waals surface area contributed by atoms with Crippen LogP contribution in [-0.4, -0.2) is 5.88 Å². The summed E-state index contributed by atoms with van der Waals surface area (Å²) in [6, 6.07) is 2.19. The Morgan fingerprint density at radius 1 is 1.62 bits per heavy atom. The van der Waals surface area contributed by atoms with E-state index in [-0.39, 0.29) is 0 Å². The monoisotopic (exact) mass is 280 g/mol. The Hall–Kier alpha value is 0.470. The summed E-state index contributed by atoms with van der Waals surface area (Å²) in [5.74, 6) is 1.43. The van der Waals surface area contributed by atoms with Gasteiger partial charge in [0, 0.05) is 20.6 Å². The van der Waals surface area contributed by atoms with Crippen LogP contribution in [0.15, 0.2) is 15.9 Å². The van der Waals surface area contributed by atoms with E-state index in [1.807, 2.05) is 11.3 Å². The molecule has 13 heavy (non-hydrogen) atoms. The molecule has 0 aliphatic carbocycles. The number of hydrogen-bond acceptors (Lipinski definition) is 1. The summed E-state index contributed by atoms with van der Waals surface area (Å²) in [5, 5.41) is 2.13. The fourth-order valence-electron chi connectivity index (χ4n) is 1.39. The van der Waals surface area contributed by atoms with Gasteiger partial charge in [-0.25, -0.2) is 0 Å². The molecule has 1 unspecified atom stereocenters. The van der Waals surface area contributed by atoms with Crippen LogP contribution in [0.25, 0.3) is 0 Å². The molecule has 0 nitrogen and oxygen atoms in total. The average molecular weight is 282 g/mol. The highest BCUT2D eigenvalue weighted by molar-refractivity contribution is 9.10. The Labute approximate surface area is 97.4 Å². The third kappa shape index (κ3) is 4.01. The lowest BCUT2D eigenvalue weighted by Crippen LogP contribution is -2.04. The van der Waals surface area contributed by atoms with Crippen LogP contribution in [0.4, 0.5) is 0 Å². The zero-order valence-corrected chi connectivity index (χ0v) is 10.9. The van der Waals surface area contributed by atoms with Crippen molar-refractivity contribution in [3.05, 3.63) is 20.8 Å². The predicted octanol–water partition coefficient (Wildman–Crippen LogP) is 4.71. The molecule has 0 saturated carbocycles. The first-order valence-electron chi connectivity index (χ1n) is 4.55. The fourth-order valence-corrected chi connectivity index (χ4v) is 3.22. The average Bonchev–Trinajstić information content (AvgIpc) is 2.50. The van der Waals surface area contributed by atoms with Gasteiger partial charge in [0.25, 0.3) is 0 Å². The SMILES string of the molecule is CCCC(CCl)Cc1cc(Br)cs1. The lowest BCUT2D eigenvalue weighted by molar-refractivity contribution is 0.532. The third-order valence-electron chi connectivity index (χ3n) is 2.03. The zero-order valence-electron chi connectivity index (χ0n) is 7.72. The van der Waals surface area contributed by atoms with E-state index in [1.54, 1.807) is 0 Å². The van der Waals surface area contributed by atoms with Crippen molar-refractivity contribution in [1.29, 1.82) is 0 Å². The number of hydrogen-bond donors (Lipinski definition) is 0. The van der Waals surface area contributed by atoms with Gasteiger partial charge in [-0.05, 0) is 40.8 Å². The van der Waals surface area contributed by atoms with Gasteiger partial charge >= 0.3 is 0 Å². The zero-order chi connectivity index (χ0) is 9.68. The molecular weight excluding hydrogens is 268 g/mol. The van der Waals surface area contributed by atoms with Gasteiger partial charge in [0.1, 0.15) is 0 Å². The van der Waals surface area contributed by atoms with Crippen molar-refractivity contribution in [2.24, 2.45) is 5.92 Å². The molecule has 0 bridgehead atoms. The van der Waals surface area contributed by atoms with Gasteiger partial charge in [-0.15, -0.1) is 22.9 Å². The van der Waals surface area contributed by atoms with Crippen LogP contribution in [0, 0.1) is 5.92 Å². The number of halogens is 2. The van der Waals surface area contributed by atoms with E-state index in [9.17, 15) is 0 Å². The summed E-state index contributed by atoms with van der Waals surface area (Å²) in [6.07, 6.45) is 3.59. The quantitative estimate of drug-likeness (QED) is 0.686. The first kappa shape index (κ1) is 11.5. The number of thiophene rings is 1. The van der Waals surface area contributed by atoms with E-state index >= 15 is 0 Å². The molecule has 1 aromatic rings. The van der Waals surface area contributed by atoms with Crippen molar-refractivity contribution in [3.63, 3.8) is 0 Å². The minimum atomic E-state index is 0.650.